The largest absolute Gasteiger partial charge is 0.298 e. The summed E-state index contributed by atoms with van der Waals surface area (Å²) >= 11 is 5.08. The van der Waals surface area contributed by atoms with E-state index in [1.807, 2.05) is 55.5 Å². The normalized spacial score (nSPS) is 16.0. The van der Waals surface area contributed by atoms with Crippen molar-refractivity contribution in [3.8, 4) is 11.1 Å². The van der Waals surface area contributed by atoms with Gasteiger partial charge in [-0.05, 0) is 41.9 Å². The van der Waals surface area contributed by atoms with Crippen LogP contribution in [0.1, 0.15) is 11.1 Å². The summed E-state index contributed by atoms with van der Waals surface area (Å²) in [6.07, 6.45) is 3.18. The number of nitrogens with zero attached hydrogens (tertiary/aromatic N) is 1. The van der Waals surface area contributed by atoms with Crippen molar-refractivity contribution in [3.63, 3.8) is 0 Å². The smallest absolute Gasteiger partial charge is 0.265 e. The lowest BCUT2D eigenvalue weighted by molar-refractivity contribution is -0.128. The van der Waals surface area contributed by atoms with Crippen LogP contribution in [-0.2, 0) is 9.59 Å². The Bertz CT molecular complexity index is 929. The highest BCUT2D eigenvalue weighted by Gasteiger charge is 2.32. The van der Waals surface area contributed by atoms with Crippen LogP contribution in [0.4, 0.5) is 0 Å². The van der Waals surface area contributed by atoms with Gasteiger partial charge in [0.05, 0.1) is 0 Å². The van der Waals surface area contributed by atoms with Gasteiger partial charge >= 0.3 is 0 Å². The molecule has 1 N–H and O–H groups in total. The molecule has 0 saturated carbocycles. The Kier molecular flexibility index (Phi) is 5.09. The monoisotopic (exact) mass is 362 g/mol. The van der Waals surface area contributed by atoms with Crippen LogP contribution in [0, 0.1) is 6.92 Å². The summed E-state index contributed by atoms with van der Waals surface area (Å²) in [5, 5.41) is 2.66. The maximum Gasteiger partial charge on any atom is 0.265 e. The van der Waals surface area contributed by atoms with Gasteiger partial charge < -0.3 is 0 Å². The van der Waals surface area contributed by atoms with E-state index in [9.17, 15) is 9.59 Å². The molecule has 2 aromatic rings. The molecule has 5 heteroatoms. The molecule has 1 aliphatic rings. The van der Waals surface area contributed by atoms with E-state index >= 15 is 0 Å². The first-order valence-electron chi connectivity index (χ1n) is 8.17. The second-order valence-electron chi connectivity index (χ2n) is 5.97. The predicted molar refractivity (Wildman–Crippen MR) is 107 cm³/mol. The topological polar surface area (TPSA) is 49.4 Å². The number of thiocarbonyl (C=S) groups is 1. The van der Waals surface area contributed by atoms with Gasteiger partial charge in [0.2, 0.25) is 0 Å². The number of hydrogen-bond acceptors (Lipinski definition) is 3. The van der Waals surface area contributed by atoms with Crippen molar-refractivity contribution in [1.29, 1.82) is 0 Å². The second kappa shape index (κ2) is 7.45. The molecule has 26 heavy (non-hydrogen) atoms. The zero-order chi connectivity index (χ0) is 18.7. The van der Waals surface area contributed by atoms with E-state index < -0.39 is 11.8 Å². The highest BCUT2D eigenvalue weighted by molar-refractivity contribution is 7.80. The van der Waals surface area contributed by atoms with Gasteiger partial charge in [-0.3, -0.25) is 19.8 Å². The summed E-state index contributed by atoms with van der Waals surface area (Å²) in [7, 11) is 0. The number of amides is 2. The molecule has 0 radical (unpaired) electrons. The van der Waals surface area contributed by atoms with E-state index in [-0.39, 0.29) is 17.2 Å². The first kappa shape index (κ1) is 17.8. The molecule has 0 atom stereocenters. The number of aryl methyl sites for hydroxylation is 1. The molecule has 1 saturated heterocycles. The zero-order valence-electron chi connectivity index (χ0n) is 14.4. The molecule has 1 heterocycles. The Morgan fingerprint density at radius 2 is 1.81 bits per heavy atom. The van der Waals surface area contributed by atoms with Crippen LogP contribution in [-0.4, -0.2) is 28.4 Å². The van der Waals surface area contributed by atoms with E-state index in [0.717, 1.165) is 16.7 Å². The van der Waals surface area contributed by atoms with E-state index in [1.54, 1.807) is 12.2 Å². The number of nitrogens with one attached hydrogen (secondary N) is 1. The average Bonchev–Trinajstić information content (AvgIpc) is 2.63. The van der Waals surface area contributed by atoms with Crippen molar-refractivity contribution >= 4 is 35.2 Å². The molecular weight excluding hydrogens is 344 g/mol. The Morgan fingerprint density at radius 3 is 2.50 bits per heavy atom. The molecular formula is C21H18N2O2S. The highest BCUT2D eigenvalue weighted by atomic mass is 32.1. The van der Waals surface area contributed by atoms with E-state index in [0.29, 0.717) is 0 Å². The number of hydrogen-bond donors (Lipinski definition) is 1. The van der Waals surface area contributed by atoms with E-state index in [1.165, 1.54) is 10.5 Å². The summed E-state index contributed by atoms with van der Waals surface area (Å²) in [6.45, 7) is 5.90. The van der Waals surface area contributed by atoms with Crippen molar-refractivity contribution < 1.29 is 9.59 Å². The molecule has 2 amide bonds. The third kappa shape index (κ3) is 3.48. The van der Waals surface area contributed by atoms with Crippen LogP contribution < -0.4 is 5.32 Å². The van der Waals surface area contributed by atoms with Gasteiger partial charge in [-0.1, -0.05) is 60.2 Å². The van der Waals surface area contributed by atoms with Crippen molar-refractivity contribution in [2.24, 2.45) is 0 Å². The molecule has 0 aliphatic carbocycles. The van der Waals surface area contributed by atoms with Crippen LogP contribution in [0.25, 0.3) is 17.2 Å². The summed E-state index contributed by atoms with van der Waals surface area (Å²) in [5.74, 6) is -0.906. The quantitative estimate of drug-likeness (QED) is 0.392. The molecule has 2 aromatic carbocycles. The minimum absolute atomic E-state index is 0.0556. The Morgan fingerprint density at radius 1 is 1.12 bits per heavy atom. The van der Waals surface area contributed by atoms with Crippen molar-refractivity contribution in [2.45, 2.75) is 6.92 Å². The molecule has 3 rings (SSSR count). The molecule has 0 aromatic heterocycles. The Balaban J connectivity index is 2.05. The third-order valence-electron chi connectivity index (χ3n) is 4.12. The fourth-order valence-corrected chi connectivity index (χ4v) is 3.01. The number of rotatable bonds is 4. The van der Waals surface area contributed by atoms with Crippen molar-refractivity contribution in [3.05, 3.63) is 77.9 Å². The molecule has 0 spiro atoms. The Labute approximate surface area is 157 Å². The van der Waals surface area contributed by atoms with Gasteiger partial charge in [-0.2, -0.15) is 0 Å². The fraction of sp³-hybridized carbons (Fsp3) is 0.0952. The molecule has 1 aliphatic heterocycles. The Hall–Kier alpha value is -3.05. The van der Waals surface area contributed by atoms with Crippen LogP contribution >= 0.6 is 12.2 Å². The minimum Gasteiger partial charge on any atom is -0.298 e. The van der Waals surface area contributed by atoms with E-state index in [4.69, 9.17) is 12.2 Å². The minimum atomic E-state index is -0.487. The van der Waals surface area contributed by atoms with Gasteiger partial charge in [0.15, 0.2) is 5.11 Å². The molecule has 4 nitrogen and oxygen atoms in total. The zero-order valence-corrected chi connectivity index (χ0v) is 15.2. The lowest BCUT2D eigenvalue weighted by atomic mass is 9.96. The van der Waals surface area contributed by atoms with Gasteiger partial charge in [-0.15, -0.1) is 6.58 Å². The highest BCUT2D eigenvalue weighted by Crippen LogP contribution is 2.26. The van der Waals surface area contributed by atoms with Crippen LogP contribution in [0.15, 0.2) is 66.8 Å². The average molecular weight is 362 g/mol. The van der Waals surface area contributed by atoms with Crippen LogP contribution in [0.2, 0.25) is 0 Å². The summed E-state index contributed by atoms with van der Waals surface area (Å²) in [6, 6.07) is 15.8. The number of carbonyl (C=O) groups is 2. The summed E-state index contributed by atoms with van der Waals surface area (Å²) < 4.78 is 0. The maximum absolute atomic E-state index is 12.7. The first-order chi connectivity index (χ1) is 12.5. The summed E-state index contributed by atoms with van der Waals surface area (Å²) in [5.41, 5.74) is 3.98. The predicted octanol–water partition coefficient (Wildman–Crippen LogP) is 3.47. The standard InChI is InChI=1S/C21H18N2O2S/c1-3-12-23-20(25)18(19(24)22-21(23)26)13-16-6-4-5-7-17(16)15-10-8-14(2)9-11-15/h3-11,13H,1,12H2,2H3,(H,22,24,26). The summed E-state index contributed by atoms with van der Waals surface area (Å²) in [4.78, 5) is 26.3. The number of benzene rings is 2. The van der Waals surface area contributed by atoms with Gasteiger partial charge in [-0.25, -0.2) is 0 Å². The number of carbonyl (C=O) groups excluding carboxylic acids is 2. The van der Waals surface area contributed by atoms with Gasteiger partial charge in [0, 0.05) is 6.54 Å². The second-order valence-corrected chi connectivity index (χ2v) is 6.36. The van der Waals surface area contributed by atoms with Crippen LogP contribution in [0.3, 0.4) is 0 Å². The first-order valence-corrected chi connectivity index (χ1v) is 8.58. The lowest BCUT2D eigenvalue weighted by Gasteiger charge is -2.27. The third-order valence-corrected chi connectivity index (χ3v) is 4.44. The molecule has 1 fully saturated rings. The molecule has 130 valence electrons. The van der Waals surface area contributed by atoms with E-state index in [2.05, 4.69) is 11.9 Å². The lowest BCUT2D eigenvalue weighted by Crippen LogP contribution is -2.53. The molecule has 0 unspecified atom stereocenters. The van der Waals surface area contributed by atoms with Crippen molar-refractivity contribution in [2.75, 3.05) is 6.54 Å². The fourth-order valence-electron chi connectivity index (χ4n) is 2.76. The van der Waals surface area contributed by atoms with Crippen LogP contribution in [0.5, 0.6) is 0 Å². The van der Waals surface area contributed by atoms with Gasteiger partial charge in [0.25, 0.3) is 11.8 Å². The van der Waals surface area contributed by atoms with Crippen molar-refractivity contribution in [1.82, 2.24) is 10.2 Å². The molecule has 0 bridgehead atoms. The maximum atomic E-state index is 12.7. The van der Waals surface area contributed by atoms with Gasteiger partial charge in [0.1, 0.15) is 5.57 Å². The SMILES string of the molecule is C=CCN1C(=O)C(=Cc2ccccc2-c2ccc(C)cc2)C(=O)NC1=S.